The van der Waals surface area contributed by atoms with E-state index in [9.17, 15) is 27.6 Å². The lowest BCUT2D eigenvalue weighted by atomic mass is 9.90. The highest BCUT2D eigenvalue weighted by Crippen LogP contribution is 2.25. The number of benzene rings is 3. The third-order valence-corrected chi connectivity index (χ3v) is 6.81. The number of halogens is 4. The summed E-state index contributed by atoms with van der Waals surface area (Å²) in [5.74, 6) is -4.93. The van der Waals surface area contributed by atoms with Crippen LogP contribution in [0, 0.1) is 5.92 Å². The Bertz CT molecular complexity index is 1280. The average molecular weight is 573 g/mol. The standard InChI is InChI=1S/C31H32ClF3N2O3/c1-20(2)27(28(38)31(33,34)35)37-30(40)26(17-16-21-10-5-3-6-11-21)36-29(39)25(18-22-12-7-4-8-13-22)23-14-9-15-24(32)19-23/h3-15,19-20,25-27H,16-18H2,1-2H3,(H,36,39)(H,37,40)/t25-,26-,27-/m0/s1. The van der Waals surface area contributed by atoms with Crippen LogP contribution in [0.1, 0.15) is 42.9 Å². The summed E-state index contributed by atoms with van der Waals surface area (Å²) in [6, 6.07) is 22.4. The molecule has 3 aromatic carbocycles. The number of hydrogen-bond donors (Lipinski definition) is 2. The molecule has 40 heavy (non-hydrogen) atoms. The lowest BCUT2D eigenvalue weighted by molar-refractivity contribution is -0.175. The monoisotopic (exact) mass is 572 g/mol. The van der Waals surface area contributed by atoms with Crippen LogP contribution in [0.5, 0.6) is 0 Å². The second-order valence-corrected chi connectivity index (χ2v) is 10.4. The summed E-state index contributed by atoms with van der Waals surface area (Å²) >= 11 is 6.20. The summed E-state index contributed by atoms with van der Waals surface area (Å²) < 4.78 is 39.7. The summed E-state index contributed by atoms with van der Waals surface area (Å²) in [6.07, 6.45) is -4.32. The summed E-state index contributed by atoms with van der Waals surface area (Å²) in [7, 11) is 0. The fourth-order valence-electron chi connectivity index (χ4n) is 4.40. The van der Waals surface area contributed by atoms with E-state index in [0.29, 0.717) is 23.4 Å². The van der Waals surface area contributed by atoms with E-state index in [1.165, 1.54) is 13.8 Å². The molecule has 0 aromatic heterocycles. The molecule has 0 fully saturated rings. The van der Waals surface area contributed by atoms with Crippen molar-refractivity contribution in [3.63, 3.8) is 0 Å². The minimum Gasteiger partial charge on any atom is -0.344 e. The van der Waals surface area contributed by atoms with Crippen LogP contribution < -0.4 is 10.6 Å². The van der Waals surface area contributed by atoms with Gasteiger partial charge in [0.05, 0.1) is 12.0 Å². The average Bonchev–Trinajstić information content (AvgIpc) is 2.92. The van der Waals surface area contributed by atoms with Crippen molar-refractivity contribution in [3.05, 3.63) is 107 Å². The molecule has 0 aliphatic heterocycles. The highest BCUT2D eigenvalue weighted by Gasteiger charge is 2.45. The van der Waals surface area contributed by atoms with Crippen molar-refractivity contribution in [1.29, 1.82) is 0 Å². The summed E-state index contributed by atoms with van der Waals surface area (Å²) in [5, 5.41) is 5.46. The number of nitrogens with one attached hydrogen (secondary N) is 2. The van der Waals surface area contributed by atoms with E-state index in [4.69, 9.17) is 11.6 Å². The number of Topliss-reactive ketones (excluding diaryl/α,β-unsaturated/α-hetero) is 1. The van der Waals surface area contributed by atoms with E-state index >= 15 is 0 Å². The van der Waals surface area contributed by atoms with Gasteiger partial charge in [0, 0.05) is 5.02 Å². The van der Waals surface area contributed by atoms with Crippen LogP contribution in [0.25, 0.3) is 0 Å². The number of carbonyl (C=O) groups excluding carboxylic acids is 3. The smallest absolute Gasteiger partial charge is 0.344 e. The molecule has 0 unspecified atom stereocenters. The number of ketones is 1. The lowest BCUT2D eigenvalue weighted by Gasteiger charge is -2.27. The van der Waals surface area contributed by atoms with Crippen LogP contribution in [0.15, 0.2) is 84.9 Å². The molecule has 9 heteroatoms. The molecule has 0 saturated carbocycles. The minimum absolute atomic E-state index is 0.111. The summed E-state index contributed by atoms with van der Waals surface area (Å²) in [4.78, 5) is 39.1. The quantitative estimate of drug-likeness (QED) is 0.277. The van der Waals surface area contributed by atoms with Crippen LogP contribution in [0.4, 0.5) is 13.2 Å². The minimum atomic E-state index is -5.11. The molecule has 5 nitrogen and oxygen atoms in total. The van der Waals surface area contributed by atoms with E-state index in [-0.39, 0.29) is 6.42 Å². The predicted octanol–water partition coefficient (Wildman–Crippen LogP) is 6.06. The Morgan fingerprint density at radius 3 is 1.95 bits per heavy atom. The van der Waals surface area contributed by atoms with E-state index in [1.54, 1.807) is 24.3 Å². The molecule has 0 heterocycles. The lowest BCUT2D eigenvalue weighted by Crippen LogP contribution is -2.56. The van der Waals surface area contributed by atoms with Crippen LogP contribution in [0.2, 0.25) is 5.02 Å². The first kappa shape index (κ1) is 30.9. The van der Waals surface area contributed by atoms with Crippen LogP contribution >= 0.6 is 11.6 Å². The predicted molar refractivity (Wildman–Crippen MR) is 149 cm³/mol. The van der Waals surface area contributed by atoms with E-state index in [1.807, 2.05) is 60.7 Å². The third-order valence-electron chi connectivity index (χ3n) is 6.57. The maximum atomic E-state index is 13.7. The zero-order valence-electron chi connectivity index (χ0n) is 22.3. The van der Waals surface area contributed by atoms with Crippen molar-refractivity contribution in [2.45, 2.75) is 57.3 Å². The molecular formula is C31H32ClF3N2O3. The first-order chi connectivity index (χ1) is 19.0. The van der Waals surface area contributed by atoms with Crippen molar-refractivity contribution < 1.29 is 27.6 Å². The van der Waals surface area contributed by atoms with Crippen molar-refractivity contribution in [2.24, 2.45) is 5.92 Å². The summed E-state index contributed by atoms with van der Waals surface area (Å²) in [6.45, 7) is 2.84. The Hall–Kier alpha value is -3.65. The molecule has 2 amide bonds. The number of amides is 2. The molecule has 3 aromatic rings. The van der Waals surface area contributed by atoms with Gasteiger partial charge >= 0.3 is 6.18 Å². The third kappa shape index (κ3) is 8.95. The molecule has 0 saturated heterocycles. The molecule has 3 rings (SSSR count). The Labute approximate surface area is 237 Å². The van der Waals surface area contributed by atoms with Gasteiger partial charge in [0.25, 0.3) is 5.78 Å². The van der Waals surface area contributed by atoms with Crippen molar-refractivity contribution in [1.82, 2.24) is 10.6 Å². The second-order valence-electron chi connectivity index (χ2n) is 9.98. The zero-order chi connectivity index (χ0) is 29.3. The number of alkyl halides is 3. The molecule has 0 bridgehead atoms. The fraction of sp³-hybridized carbons (Fsp3) is 0.323. The van der Waals surface area contributed by atoms with Crippen molar-refractivity contribution in [3.8, 4) is 0 Å². The Kier molecular flexibility index (Phi) is 10.9. The van der Waals surface area contributed by atoms with Gasteiger partial charge < -0.3 is 10.6 Å². The van der Waals surface area contributed by atoms with Gasteiger partial charge in [-0.2, -0.15) is 13.2 Å². The largest absolute Gasteiger partial charge is 0.452 e. The highest BCUT2D eigenvalue weighted by molar-refractivity contribution is 6.30. The Balaban J connectivity index is 1.89. The number of hydrogen-bond acceptors (Lipinski definition) is 3. The van der Waals surface area contributed by atoms with Crippen molar-refractivity contribution in [2.75, 3.05) is 0 Å². The van der Waals surface area contributed by atoms with Gasteiger partial charge in [0.15, 0.2) is 0 Å². The highest BCUT2D eigenvalue weighted by atomic mass is 35.5. The fourth-order valence-corrected chi connectivity index (χ4v) is 4.60. The van der Waals surface area contributed by atoms with E-state index < -0.39 is 47.7 Å². The van der Waals surface area contributed by atoms with Crippen molar-refractivity contribution >= 4 is 29.2 Å². The van der Waals surface area contributed by atoms with Gasteiger partial charge in [-0.1, -0.05) is 98.2 Å². The van der Waals surface area contributed by atoms with Crippen LogP contribution in [-0.2, 0) is 27.2 Å². The SMILES string of the molecule is CC(C)[C@H](NC(=O)[C@H](CCc1ccccc1)NC(=O)[C@@H](Cc1ccccc1)c1cccc(Cl)c1)C(=O)C(F)(F)F. The molecule has 0 aliphatic rings. The molecule has 0 radical (unpaired) electrons. The number of aryl methyl sites for hydroxylation is 1. The second kappa shape index (κ2) is 14.1. The molecular weight excluding hydrogens is 541 g/mol. The molecule has 3 atom stereocenters. The zero-order valence-corrected chi connectivity index (χ0v) is 23.0. The summed E-state index contributed by atoms with van der Waals surface area (Å²) in [5.41, 5.74) is 2.39. The maximum Gasteiger partial charge on any atom is 0.452 e. The molecule has 2 N–H and O–H groups in total. The topological polar surface area (TPSA) is 75.3 Å². The van der Waals surface area contributed by atoms with Gasteiger partial charge in [0.1, 0.15) is 6.04 Å². The molecule has 212 valence electrons. The Morgan fingerprint density at radius 2 is 1.40 bits per heavy atom. The maximum absolute atomic E-state index is 13.7. The van der Waals surface area contributed by atoms with Gasteiger partial charge in [-0.25, -0.2) is 0 Å². The number of carbonyl (C=O) groups is 3. The van der Waals surface area contributed by atoms with Crippen LogP contribution in [-0.4, -0.2) is 35.9 Å². The van der Waals surface area contributed by atoms with E-state index in [0.717, 1.165) is 11.1 Å². The van der Waals surface area contributed by atoms with E-state index in [2.05, 4.69) is 10.6 Å². The van der Waals surface area contributed by atoms with Crippen LogP contribution in [0.3, 0.4) is 0 Å². The molecule has 0 aliphatic carbocycles. The molecule has 0 spiro atoms. The number of rotatable bonds is 12. The van der Waals surface area contributed by atoms with Gasteiger partial charge in [-0.05, 0) is 54.0 Å². The van der Waals surface area contributed by atoms with Gasteiger partial charge in [0.2, 0.25) is 11.8 Å². The Morgan fingerprint density at radius 1 is 0.800 bits per heavy atom. The normalized spacial score (nSPS) is 13.8. The first-order valence-electron chi connectivity index (χ1n) is 13.0. The first-order valence-corrected chi connectivity index (χ1v) is 13.4. The van der Waals surface area contributed by atoms with Gasteiger partial charge in [-0.15, -0.1) is 0 Å². The van der Waals surface area contributed by atoms with Gasteiger partial charge in [-0.3, -0.25) is 14.4 Å².